The van der Waals surface area contributed by atoms with E-state index in [-0.39, 0.29) is 17.1 Å². The van der Waals surface area contributed by atoms with Crippen molar-refractivity contribution in [3.8, 4) is 0 Å². The van der Waals surface area contributed by atoms with Crippen LogP contribution in [0.25, 0.3) is 0 Å². The number of hydrogen-bond acceptors (Lipinski definition) is 2. The molecule has 1 aromatic rings. The van der Waals surface area contributed by atoms with Crippen LogP contribution in [-0.2, 0) is 4.74 Å². The van der Waals surface area contributed by atoms with Crippen LogP contribution in [0.2, 0.25) is 0 Å². The van der Waals surface area contributed by atoms with Crippen molar-refractivity contribution in [3.05, 3.63) is 35.1 Å². The topological polar surface area (TPSA) is 38.3 Å². The van der Waals surface area contributed by atoms with Gasteiger partial charge in [0.25, 0.3) is 5.91 Å². The number of methoxy groups -OCH3 is 1. The number of aryl methyl sites for hydroxylation is 1. The molecule has 0 bridgehead atoms. The van der Waals surface area contributed by atoms with Crippen LogP contribution in [-0.4, -0.2) is 25.2 Å². The fraction of sp³-hybridized carbons (Fsp3) is 0.500. The molecule has 0 radical (unpaired) electrons. The zero-order valence-corrected chi connectivity index (χ0v) is 10.8. The number of benzene rings is 1. The predicted octanol–water partition coefficient (Wildman–Crippen LogP) is 2.43. The van der Waals surface area contributed by atoms with E-state index in [0.717, 1.165) is 19.3 Å². The Labute approximate surface area is 106 Å². The van der Waals surface area contributed by atoms with E-state index < -0.39 is 5.82 Å². The summed E-state index contributed by atoms with van der Waals surface area (Å²) < 4.78 is 19.2. The average molecular weight is 251 g/mol. The molecule has 1 aliphatic carbocycles. The molecule has 1 saturated carbocycles. The Kier molecular flexibility index (Phi) is 3.66. The van der Waals surface area contributed by atoms with Gasteiger partial charge in [0.1, 0.15) is 5.82 Å². The summed E-state index contributed by atoms with van der Waals surface area (Å²) in [4.78, 5) is 11.9. The molecule has 3 nitrogen and oxygen atoms in total. The molecular weight excluding hydrogens is 233 g/mol. The lowest BCUT2D eigenvalue weighted by molar-refractivity contribution is -0.0679. The summed E-state index contributed by atoms with van der Waals surface area (Å²) >= 11 is 0. The van der Waals surface area contributed by atoms with Crippen LogP contribution < -0.4 is 5.32 Å². The van der Waals surface area contributed by atoms with Crippen molar-refractivity contribution in [1.82, 2.24) is 5.32 Å². The van der Waals surface area contributed by atoms with Crippen LogP contribution in [0.15, 0.2) is 18.2 Å². The highest BCUT2D eigenvalue weighted by Gasteiger charge is 2.37. The van der Waals surface area contributed by atoms with Crippen LogP contribution in [0.3, 0.4) is 0 Å². The lowest BCUT2D eigenvalue weighted by atomic mass is 9.80. The summed E-state index contributed by atoms with van der Waals surface area (Å²) in [5.41, 5.74) is 0.337. The van der Waals surface area contributed by atoms with E-state index in [9.17, 15) is 9.18 Å². The van der Waals surface area contributed by atoms with Crippen molar-refractivity contribution < 1.29 is 13.9 Å². The normalized spacial score (nSPS) is 17.1. The number of carbonyl (C=O) groups excluding carboxylic acids is 1. The fourth-order valence-electron chi connectivity index (χ4n) is 2.18. The Morgan fingerprint density at radius 1 is 1.50 bits per heavy atom. The highest BCUT2D eigenvalue weighted by atomic mass is 19.1. The van der Waals surface area contributed by atoms with E-state index in [2.05, 4.69) is 5.32 Å². The maximum Gasteiger partial charge on any atom is 0.254 e. The fourth-order valence-corrected chi connectivity index (χ4v) is 2.18. The van der Waals surface area contributed by atoms with E-state index in [1.807, 2.05) is 0 Å². The zero-order chi connectivity index (χ0) is 13.2. The molecule has 0 aliphatic heterocycles. The summed E-state index contributed by atoms with van der Waals surface area (Å²) in [5.74, 6) is -0.824. The molecule has 0 unspecified atom stereocenters. The van der Waals surface area contributed by atoms with Gasteiger partial charge in [-0.15, -0.1) is 0 Å². The summed E-state index contributed by atoms with van der Waals surface area (Å²) in [7, 11) is 1.65. The number of ether oxygens (including phenoxy) is 1. The number of hydrogen-bond donors (Lipinski definition) is 1. The largest absolute Gasteiger partial charge is 0.376 e. The highest BCUT2D eigenvalue weighted by molar-refractivity contribution is 5.94. The second kappa shape index (κ2) is 5.06. The molecule has 98 valence electrons. The van der Waals surface area contributed by atoms with E-state index in [4.69, 9.17) is 4.74 Å². The van der Waals surface area contributed by atoms with Crippen LogP contribution in [0, 0.1) is 12.7 Å². The van der Waals surface area contributed by atoms with Gasteiger partial charge < -0.3 is 10.1 Å². The Bertz CT molecular complexity index is 450. The lowest BCUT2D eigenvalue weighted by Gasteiger charge is -2.40. The SMILES string of the molecule is COC1(CNC(=O)c2cccc(C)c2F)CCC1. The Hall–Kier alpha value is -1.42. The number of rotatable bonds is 4. The second-order valence-corrected chi connectivity index (χ2v) is 4.86. The molecule has 1 N–H and O–H groups in total. The minimum absolute atomic E-state index is 0.0978. The molecule has 4 heteroatoms. The van der Waals surface area contributed by atoms with Gasteiger partial charge in [-0.3, -0.25) is 4.79 Å². The van der Waals surface area contributed by atoms with Gasteiger partial charge in [-0.05, 0) is 37.8 Å². The predicted molar refractivity (Wildman–Crippen MR) is 67.1 cm³/mol. The van der Waals surface area contributed by atoms with Gasteiger partial charge >= 0.3 is 0 Å². The van der Waals surface area contributed by atoms with E-state index in [1.54, 1.807) is 26.2 Å². The Morgan fingerprint density at radius 3 is 2.78 bits per heavy atom. The number of halogens is 1. The molecule has 1 fully saturated rings. The zero-order valence-electron chi connectivity index (χ0n) is 10.8. The first-order chi connectivity index (χ1) is 8.58. The maximum absolute atomic E-state index is 13.8. The molecular formula is C14H18FNO2. The third kappa shape index (κ3) is 2.38. The molecule has 0 atom stereocenters. The van der Waals surface area contributed by atoms with Gasteiger partial charge in [0.15, 0.2) is 0 Å². The minimum atomic E-state index is -0.449. The Morgan fingerprint density at radius 2 is 2.22 bits per heavy atom. The summed E-state index contributed by atoms with van der Waals surface area (Å²) in [5, 5.41) is 2.76. The van der Waals surface area contributed by atoms with Crippen molar-refractivity contribution >= 4 is 5.91 Å². The smallest absolute Gasteiger partial charge is 0.254 e. The average Bonchev–Trinajstić information content (AvgIpc) is 2.31. The van der Waals surface area contributed by atoms with Crippen LogP contribution in [0.5, 0.6) is 0 Å². The number of nitrogens with one attached hydrogen (secondary N) is 1. The van der Waals surface area contributed by atoms with Gasteiger partial charge in [-0.2, -0.15) is 0 Å². The first-order valence-electron chi connectivity index (χ1n) is 6.16. The lowest BCUT2D eigenvalue weighted by Crippen LogP contribution is -2.49. The quantitative estimate of drug-likeness (QED) is 0.892. The van der Waals surface area contributed by atoms with Gasteiger partial charge in [0.2, 0.25) is 0 Å². The van der Waals surface area contributed by atoms with Crippen LogP contribution >= 0.6 is 0 Å². The first-order valence-corrected chi connectivity index (χ1v) is 6.16. The molecule has 1 aromatic carbocycles. The van der Waals surface area contributed by atoms with Crippen LogP contribution in [0.1, 0.15) is 35.2 Å². The van der Waals surface area contributed by atoms with Gasteiger partial charge in [0, 0.05) is 13.7 Å². The molecule has 0 saturated heterocycles. The second-order valence-electron chi connectivity index (χ2n) is 4.86. The van der Waals surface area contributed by atoms with Gasteiger partial charge in [0.05, 0.1) is 11.2 Å². The number of amides is 1. The summed E-state index contributed by atoms with van der Waals surface area (Å²) in [6.07, 6.45) is 3.00. The van der Waals surface area contributed by atoms with Gasteiger partial charge in [-0.25, -0.2) is 4.39 Å². The number of carbonyl (C=O) groups is 1. The highest BCUT2D eigenvalue weighted by Crippen LogP contribution is 2.34. The van der Waals surface area contributed by atoms with Gasteiger partial charge in [-0.1, -0.05) is 12.1 Å². The first kappa shape index (κ1) is 13.0. The third-order valence-corrected chi connectivity index (χ3v) is 3.71. The van der Waals surface area contributed by atoms with Crippen molar-refractivity contribution in [2.24, 2.45) is 0 Å². The van der Waals surface area contributed by atoms with Crippen molar-refractivity contribution in [2.45, 2.75) is 31.8 Å². The van der Waals surface area contributed by atoms with Crippen LogP contribution in [0.4, 0.5) is 4.39 Å². The van der Waals surface area contributed by atoms with Crippen molar-refractivity contribution in [1.29, 1.82) is 0 Å². The summed E-state index contributed by atoms with van der Waals surface area (Å²) in [6.45, 7) is 2.09. The molecule has 1 aliphatic rings. The van der Waals surface area contributed by atoms with Crippen molar-refractivity contribution in [2.75, 3.05) is 13.7 Å². The van der Waals surface area contributed by atoms with E-state index >= 15 is 0 Å². The monoisotopic (exact) mass is 251 g/mol. The molecule has 18 heavy (non-hydrogen) atoms. The molecule has 0 heterocycles. The standard InChI is InChI=1S/C14H18FNO2/c1-10-5-3-6-11(12(10)15)13(17)16-9-14(18-2)7-4-8-14/h3,5-6H,4,7-9H2,1-2H3,(H,16,17). The minimum Gasteiger partial charge on any atom is -0.376 e. The Balaban J connectivity index is 2.02. The molecule has 0 spiro atoms. The van der Waals surface area contributed by atoms with E-state index in [1.165, 1.54) is 6.07 Å². The maximum atomic E-state index is 13.8. The third-order valence-electron chi connectivity index (χ3n) is 3.71. The molecule has 1 amide bonds. The molecule has 0 aromatic heterocycles. The molecule has 2 rings (SSSR count). The summed E-state index contributed by atoms with van der Waals surface area (Å²) in [6, 6.07) is 4.83. The van der Waals surface area contributed by atoms with E-state index in [0.29, 0.717) is 12.1 Å². The van der Waals surface area contributed by atoms with Crippen molar-refractivity contribution in [3.63, 3.8) is 0 Å².